The average Bonchev–Trinajstić information content (AvgIpc) is 3.11. The maximum absolute atomic E-state index is 12.6. The lowest BCUT2D eigenvalue weighted by Crippen LogP contribution is -2.37. The molecule has 0 aromatic heterocycles. The molecular weight excluding hydrogens is 685 g/mol. The van der Waals surface area contributed by atoms with E-state index in [4.69, 9.17) is 18.5 Å². The fourth-order valence-corrected chi connectivity index (χ4v) is 5.97. The molecule has 9 heteroatoms. The Hall–Kier alpha value is -1.80. The summed E-state index contributed by atoms with van der Waals surface area (Å²) in [5.74, 6) is -0.392. The molecule has 0 rings (SSSR count). The van der Waals surface area contributed by atoms with Gasteiger partial charge in [0.2, 0.25) is 0 Å². The summed E-state index contributed by atoms with van der Waals surface area (Å²) >= 11 is 0. The van der Waals surface area contributed by atoms with Gasteiger partial charge < -0.3 is 27.9 Å². The summed E-state index contributed by atoms with van der Waals surface area (Å²) in [6.07, 6.45) is 45.2. The molecule has 0 saturated heterocycles. The normalized spacial score (nSPS) is 14.5. The lowest BCUT2D eigenvalue weighted by Gasteiger charge is -2.28. The Kier molecular flexibility index (Phi) is 35.9. The number of hydrogen-bond acceptors (Lipinski definition) is 7. The SMILES string of the molecule is CCCCC/C=C\C/C=C\C/C=C\C/C=C\CCCC(=O)O[C@H](COCCCCCCCC/C=C\CCCCCC)COP(=O)([O-])OCC[N+](C)(C)C. The first kappa shape index (κ1) is 51.2. The molecule has 0 aliphatic heterocycles. The van der Waals surface area contributed by atoms with Crippen molar-refractivity contribution in [1.29, 1.82) is 0 Å². The minimum atomic E-state index is -4.54. The molecule has 0 heterocycles. The van der Waals surface area contributed by atoms with Gasteiger partial charge in [-0.1, -0.05) is 132 Å². The first-order chi connectivity index (χ1) is 25.6. The van der Waals surface area contributed by atoms with Crippen molar-refractivity contribution in [3.8, 4) is 0 Å². The summed E-state index contributed by atoms with van der Waals surface area (Å²) in [4.78, 5) is 25.0. The number of unbranched alkanes of at least 4 members (excludes halogenated alkanes) is 14. The predicted octanol–water partition coefficient (Wildman–Crippen LogP) is 11.5. The Labute approximate surface area is 326 Å². The molecule has 0 aromatic rings. The molecule has 0 saturated carbocycles. The van der Waals surface area contributed by atoms with Crippen molar-refractivity contribution in [2.24, 2.45) is 0 Å². The van der Waals surface area contributed by atoms with E-state index in [0.29, 0.717) is 24.1 Å². The van der Waals surface area contributed by atoms with E-state index in [1.165, 1.54) is 83.5 Å². The minimum Gasteiger partial charge on any atom is -0.756 e. The van der Waals surface area contributed by atoms with Crippen LogP contribution in [0.25, 0.3) is 0 Å². The zero-order chi connectivity index (χ0) is 39.1. The van der Waals surface area contributed by atoms with Gasteiger partial charge in [0.25, 0.3) is 7.82 Å². The van der Waals surface area contributed by atoms with Gasteiger partial charge in [0, 0.05) is 13.0 Å². The van der Waals surface area contributed by atoms with Gasteiger partial charge in [0.1, 0.15) is 19.3 Å². The second-order valence-electron chi connectivity index (χ2n) is 15.0. The van der Waals surface area contributed by atoms with E-state index in [1.54, 1.807) is 0 Å². The van der Waals surface area contributed by atoms with Crippen molar-refractivity contribution in [3.63, 3.8) is 0 Å². The van der Waals surface area contributed by atoms with Crippen LogP contribution in [0, 0.1) is 0 Å². The van der Waals surface area contributed by atoms with Crippen LogP contribution in [0.5, 0.6) is 0 Å². The zero-order valence-corrected chi connectivity index (χ0v) is 35.6. The van der Waals surface area contributed by atoms with Crippen molar-refractivity contribution in [1.82, 2.24) is 0 Å². The molecule has 308 valence electrons. The van der Waals surface area contributed by atoms with Crippen molar-refractivity contribution >= 4 is 13.8 Å². The van der Waals surface area contributed by atoms with Crippen LogP contribution >= 0.6 is 7.82 Å². The number of ether oxygens (including phenoxy) is 2. The Balaban J connectivity index is 4.39. The zero-order valence-electron chi connectivity index (χ0n) is 34.7. The lowest BCUT2D eigenvalue weighted by molar-refractivity contribution is -0.870. The molecule has 53 heavy (non-hydrogen) atoms. The highest BCUT2D eigenvalue weighted by Gasteiger charge is 2.20. The van der Waals surface area contributed by atoms with Crippen molar-refractivity contribution in [3.05, 3.63) is 60.8 Å². The molecule has 2 atom stereocenters. The van der Waals surface area contributed by atoms with Gasteiger partial charge in [-0.2, -0.15) is 0 Å². The van der Waals surface area contributed by atoms with Crippen LogP contribution in [0.3, 0.4) is 0 Å². The molecule has 0 radical (unpaired) electrons. The number of carbonyl (C=O) groups is 1. The summed E-state index contributed by atoms with van der Waals surface area (Å²) in [5, 5.41) is 0. The van der Waals surface area contributed by atoms with Gasteiger partial charge in [-0.25, -0.2) is 0 Å². The summed E-state index contributed by atoms with van der Waals surface area (Å²) in [7, 11) is 1.31. The van der Waals surface area contributed by atoms with Gasteiger partial charge in [-0.05, 0) is 77.0 Å². The molecular formula is C44H80NO7P. The topological polar surface area (TPSA) is 94.1 Å². The smallest absolute Gasteiger partial charge is 0.306 e. The van der Waals surface area contributed by atoms with Gasteiger partial charge in [0.05, 0.1) is 34.4 Å². The third kappa shape index (κ3) is 41.2. The van der Waals surface area contributed by atoms with E-state index in [0.717, 1.165) is 44.9 Å². The van der Waals surface area contributed by atoms with Crippen LogP contribution in [0.1, 0.15) is 155 Å². The van der Waals surface area contributed by atoms with Crippen LogP contribution in [-0.2, 0) is 27.9 Å². The number of likely N-dealkylation sites (N-methyl/N-ethyl adjacent to an activating group) is 1. The quantitative estimate of drug-likeness (QED) is 0.0203. The predicted molar refractivity (Wildman–Crippen MR) is 222 cm³/mol. The molecule has 0 fully saturated rings. The van der Waals surface area contributed by atoms with Crippen molar-refractivity contribution < 1.29 is 37.3 Å². The second-order valence-corrected chi connectivity index (χ2v) is 16.4. The van der Waals surface area contributed by atoms with Gasteiger partial charge in [0.15, 0.2) is 0 Å². The molecule has 0 aliphatic rings. The van der Waals surface area contributed by atoms with Gasteiger partial charge >= 0.3 is 5.97 Å². The van der Waals surface area contributed by atoms with Crippen LogP contribution in [-0.4, -0.2) is 70.7 Å². The summed E-state index contributed by atoms with van der Waals surface area (Å²) in [6.45, 7) is 5.26. The van der Waals surface area contributed by atoms with E-state index in [2.05, 4.69) is 74.6 Å². The first-order valence-corrected chi connectivity index (χ1v) is 22.5. The molecule has 0 aliphatic carbocycles. The minimum absolute atomic E-state index is 0.0124. The largest absolute Gasteiger partial charge is 0.756 e. The highest BCUT2D eigenvalue weighted by atomic mass is 31.2. The third-order valence-corrected chi connectivity index (χ3v) is 9.51. The lowest BCUT2D eigenvalue weighted by atomic mass is 10.1. The fourth-order valence-electron chi connectivity index (χ4n) is 5.24. The van der Waals surface area contributed by atoms with Crippen molar-refractivity contribution in [2.45, 2.75) is 161 Å². The van der Waals surface area contributed by atoms with Crippen LogP contribution in [0.15, 0.2) is 60.8 Å². The molecule has 1 unspecified atom stereocenters. The number of carbonyl (C=O) groups excluding carboxylic acids is 1. The van der Waals surface area contributed by atoms with E-state index in [-0.39, 0.29) is 26.2 Å². The van der Waals surface area contributed by atoms with E-state index in [1.807, 2.05) is 21.1 Å². The third-order valence-electron chi connectivity index (χ3n) is 8.54. The molecule has 0 aromatic carbocycles. The van der Waals surface area contributed by atoms with Crippen LogP contribution in [0.2, 0.25) is 0 Å². The Morgan fingerprint density at radius 1 is 0.585 bits per heavy atom. The fraction of sp³-hybridized carbons (Fsp3) is 0.750. The molecule has 0 spiro atoms. The monoisotopic (exact) mass is 766 g/mol. The summed E-state index contributed by atoms with van der Waals surface area (Å²) in [6, 6.07) is 0. The van der Waals surface area contributed by atoms with Crippen molar-refractivity contribution in [2.75, 3.05) is 54.1 Å². The Bertz CT molecular complexity index is 1030. The molecule has 0 bridgehead atoms. The molecule has 0 amide bonds. The summed E-state index contributed by atoms with van der Waals surface area (Å²) < 4.78 is 34.4. The van der Waals surface area contributed by atoms with Crippen LogP contribution < -0.4 is 4.89 Å². The number of nitrogens with zero attached hydrogens (tertiary/aromatic N) is 1. The average molecular weight is 766 g/mol. The number of hydrogen-bond donors (Lipinski definition) is 0. The Morgan fingerprint density at radius 3 is 1.60 bits per heavy atom. The standard InChI is InChI=1S/C44H80NO7P/c1-6-8-10-12-14-16-18-20-22-23-24-25-27-29-31-33-35-37-44(46)52-43(42-51-53(47,48)50-40-38-45(3,4)5)41-49-39-36-34-32-30-28-26-21-19-17-15-13-11-9-7-2/h14,16-17,19-20,22,24-25,29,31,43H,6-13,15,18,21,23,26-28,30,32-42H2,1-5H3/b16-14-,19-17-,22-20-,25-24-,31-29-/t43-/m1/s1. The Morgan fingerprint density at radius 2 is 1.04 bits per heavy atom. The number of rotatable bonds is 38. The number of quaternary nitrogens is 1. The summed E-state index contributed by atoms with van der Waals surface area (Å²) in [5.41, 5.74) is 0. The maximum atomic E-state index is 12.6. The number of allylic oxidation sites excluding steroid dienone is 10. The first-order valence-electron chi connectivity index (χ1n) is 21.0. The molecule has 0 N–H and O–H groups in total. The highest BCUT2D eigenvalue weighted by Crippen LogP contribution is 2.38. The number of phosphoric acid groups is 1. The number of esters is 1. The molecule has 8 nitrogen and oxygen atoms in total. The number of phosphoric ester groups is 1. The van der Waals surface area contributed by atoms with Gasteiger partial charge in [-0.15, -0.1) is 0 Å². The van der Waals surface area contributed by atoms with E-state index in [9.17, 15) is 14.3 Å². The van der Waals surface area contributed by atoms with E-state index < -0.39 is 19.9 Å². The van der Waals surface area contributed by atoms with E-state index >= 15 is 0 Å². The highest BCUT2D eigenvalue weighted by molar-refractivity contribution is 7.45. The van der Waals surface area contributed by atoms with Gasteiger partial charge in [-0.3, -0.25) is 9.36 Å². The maximum Gasteiger partial charge on any atom is 0.306 e. The second kappa shape index (κ2) is 37.1. The van der Waals surface area contributed by atoms with Crippen LogP contribution in [0.4, 0.5) is 0 Å².